The summed E-state index contributed by atoms with van der Waals surface area (Å²) in [5.74, 6) is 0.740. The fourth-order valence-electron chi connectivity index (χ4n) is 2.80. The first-order valence-corrected chi connectivity index (χ1v) is 9.32. The third kappa shape index (κ3) is 4.32. The number of hydrogen-bond acceptors (Lipinski definition) is 8. The van der Waals surface area contributed by atoms with Gasteiger partial charge in [-0.05, 0) is 30.5 Å². The van der Waals surface area contributed by atoms with Gasteiger partial charge in [-0.15, -0.1) is 0 Å². The fourth-order valence-corrected chi connectivity index (χ4v) is 2.80. The molecule has 0 bridgehead atoms. The Kier molecular flexibility index (Phi) is 5.46. The van der Waals surface area contributed by atoms with Crippen molar-refractivity contribution >= 4 is 17.7 Å². The summed E-state index contributed by atoms with van der Waals surface area (Å²) in [5, 5.41) is 10.00. The summed E-state index contributed by atoms with van der Waals surface area (Å²) in [6.07, 6.45) is 8.92. The molecule has 4 aromatic rings. The number of nitrogens with one attached hydrogen (secondary N) is 2. The Bertz CT molecular complexity index is 1150. The van der Waals surface area contributed by atoms with E-state index in [0.29, 0.717) is 30.3 Å². The van der Waals surface area contributed by atoms with Gasteiger partial charge in [-0.1, -0.05) is 6.07 Å². The molecular formula is C20H20N8O2. The topological polar surface area (TPSA) is 124 Å². The predicted octanol–water partition coefficient (Wildman–Crippen LogP) is 2.28. The second-order valence-corrected chi connectivity index (χ2v) is 6.60. The third-order valence-electron chi connectivity index (χ3n) is 4.40. The molecule has 0 aliphatic rings. The Balaban J connectivity index is 1.44. The van der Waals surface area contributed by atoms with Crippen molar-refractivity contribution < 1.29 is 9.21 Å². The van der Waals surface area contributed by atoms with Gasteiger partial charge < -0.3 is 15.1 Å². The molecule has 0 aliphatic carbocycles. The van der Waals surface area contributed by atoms with Crippen molar-refractivity contribution in [3.63, 3.8) is 0 Å². The maximum atomic E-state index is 12.3. The molecule has 2 N–H and O–H groups in total. The molecule has 10 nitrogen and oxygen atoms in total. The maximum absolute atomic E-state index is 12.3. The van der Waals surface area contributed by atoms with Crippen LogP contribution in [0.1, 0.15) is 21.8 Å². The third-order valence-corrected chi connectivity index (χ3v) is 4.40. The Hall–Kier alpha value is -4.08. The van der Waals surface area contributed by atoms with Crippen LogP contribution in [-0.2, 0) is 13.5 Å². The van der Waals surface area contributed by atoms with E-state index >= 15 is 0 Å². The van der Waals surface area contributed by atoms with E-state index in [1.54, 1.807) is 29.5 Å². The van der Waals surface area contributed by atoms with Crippen LogP contribution in [0.2, 0.25) is 0 Å². The zero-order chi connectivity index (χ0) is 20.9. The number of anilines is 2. The number of hydrogen-bond donors (Lipinski definition) is 2. The van der Waals surface area contributed by atoms with Crippen molar-refractivity contribution in [1.29, 1.82) is 0 Å². The van der Waals surface area contributed by atoms with Gasteiger partial charge in [0.05, 0.1) is 6.20 Å². The number of rotatable bonds is 7. The van der Waals surface area contributed by atoms with Crippen LogP contribution >= 0.6 is 0 Å². The molecule has 0 unspecified atom stereocenters. The smallest absolute Gasteiger partial charge is 0.307 e. The first-order chi connectivity index (χ1) is 14.6. The van der Waals surface area contributed by atoms with Gasteiger partial charge in [0, 0.05) is 38.2 Å². The Morgan fingerprint density at radius 1 is 1.20 bits per heavy atom. The van der Waals surface area contributed by atoms with Crippen molar-refractivity contribution in [2.75, 3.05) is 11.9 Å². The molecule has 0 aromatic carbocycles. The lowest BCUT2D eigenvalue weighted by atomic mass is 10.2. The number of carbonyl (C=O) groups is 1. The highest BCUT2D eigenvalue weighted by Gasteiger charge is 2.17. The number of oxazole rings is 1. The highest BCUT2D eigenvalue weighted by molar-refractivity contribution is 5.90. The van der Waals surface area contributed by atoms with Crippen molar-refractivity contribution in [2.24, 2.45) is 7.05 Å². The standard InChI is InChI=1S/C20H20N8O2/c1-13-10-23-20(26-16-6-9-24-28(16)2)27-17(13)15-12-30-19(25-15)18(29)22-8-5-14-4-3-7-21-11-14/h3-4,6-7,9-12H,5,8H2,1-2H3,(H,22,29)(H,23,26,27). The molecule has 4 heterocycles. The van der Waals surface area contributed by atoms with Crippen LogP contribution in [0.5, 0.6) is 0 Å². The van der Waals surface area contributed by atoms with E-state index in [1.165, 1.54) is 6.26 Å². The van der Waals surface area contributed by atoms with Gasteiger partial charge in [0.25, 0.3) is 5.89 Å². The fraction of sp³-hybridized carbons (Fsp3) is 0.200. The molecule has 1 amide bonds. The van der Waals surface area contributed by atoms with E-state index < -0.39 is 0 Å². The molecule has 0 spiro atoms. The summed E-state index contributed by atoms with van der Waals surface area (Å²) < 4.78 is 7.05. The maximum Gasteiger partial charge on any atom is 0.307 e. The van der Waals surface area contributed by atoms with Crippen molar-refractivity contribution in [2.45, 2.75) is 13.3 Å². The zero-order valence-corrected chi connectivity index (χ0v) is 16.5. The normalized spacial score (nSPS) is 10.7. The molecule has 4 aromatic heterocycles. The Morgan fingerprint density at radius 2 is 2.10 bits per heavy atom. The molecular weight excluding hydrogens is 384 g/mol. The number of aryl methyl sites for hydroxylation is 2. The van der Waals surface area contributed by atoms with Crippen LogP contribution in [0.4, 0.5) is 11.8 Å². The van der Waals surface area contributed by atoms with Crippen LogP contribution in [0, 0.1) is 6.92 Å². The molecule has 10 heteroatoms. The average Bonchev–Trinajstić information content (AvgIpc) is 3.40. The van der Waals surface area contributed by atoms with Gasteiger partial charge in [0.15, 0.2) is 0 Å². The Morgan fingerprint density at radius 3 is 2.87 bits per heavy atom. The predicted molar refractivity (Wildman–Crippen MR) is 109 cm³/mol. The molecule has 0 aliphatic heterocycles. The van der Waals surface area contributed by atoms with Crippen LogP contribution < -0.4 is 10.6 Å². The molecule has 30 heavy (non-hydrogen) atoms. The van der Waals surface area contributed by atoms with Crippen LogP contribution in [-0.4, -0.2) is 42.2 Å². The lowest BCUT2D eigenvalue weighted by Gasteiger charge is -2.07. The second kappa shape index (κ2) is 8.52. The van der Waals surface area contributed by atoms with E-state index in [9.17, 15) is 4.79 Å². The molecule has 0 saturated heterocycles. The van der Waals surface area contributed by atoms with E-state index in [1.807, 2.05) is 32.2 Å². The van der Waals surface area contributed by atoms with Crippen LogP contribution in [0.3, 0.4) is 0 Å². The Labute approximate surface area is 172 Å². The second-order valence-electron chi connectivity index (χ2n) is 6.60. The SMILES string of the molecule is Cc1cnc(Nc2ccnn2C)nc1-c1coc(C(=O)NCCc2cccnc2)n1. The van der Waals surface area contributed by atoms with Gasteiger partial charge in [-0.2, -0.15) is 5.10 Å². The van der Waals surface area contributed by atoms with E-state index in [0.717, 1.165) is 16.9 Å². The number of carbonyl (C=O) groups excluding carboxylic acids is 1. The van der Waals surface area contributed by atoms with Gasteiger partial charge in [0.1, 0.15) is 23.5 Å². The summed E-state index contributed by atoms with van der Waals surface area (Å²) >= 11 is 0. The van der Waals surface area contributed by atoms with Gasteiger partial charge in [0.2, 0.25) is 5.95 Å². The monoisotopic (exact) mass is 404 g/mol. The molecule has 152 valence electrons. The number of amides is 1. The molecule has 0 radical (unpaired) electrons. The summed E-state index contributed by atoms with van der Waals surface area (Å²) in [6.45, 7) is 2.32. The minimum atomic E-state index is -0.384. The van der Waals surface area contributed by atoms with Crippen LogP contribution in [0.15, 0.2) is 53.7 Å². The molecule has 0 fully saturated rings. The first kappa shape index (κ1) is 19.2. The largest absolute Gasteiger partial charge is 0.440 e. The number of nitrogens with zero attached hydrogens (tertiary/aromatic N) is 6. The highest BCUT2D eigenvalue weighted by Crippen LogP contribution is 2.22. The molecule has 0 saturated carbocycles. The summed E-state index contributed by atoms with van der Waals surface area (Å²) in [5.41, 5.74) is 2.88. The quantitative estimate of drug-likeness (QED) is 0.481. The van der Waals surface area contributed by atoms with E-state index in [4.69, 9.17) is 4.42 Å². The molecule has 0 atom stereocenters. The van der Waals surface area contributed by atoms with Crippen molar-refractivity contribution in [3.05, 3.63) is 66.3 Å². The van der Waals surface area contributed by atoms with Gasteiger partial charge in [-0.3, -0.25) is 14.5 Å². The first-order valence-electron chi connectivity index (χ1n) is 9.32. The van der Waals surface area contributed by atoms with Gasteiger partial charge >= 0.3 is 5.91 Å². The average molecular weight is 404 g/mol. The summed E-state index contributed by atoms with van der Waals surface area (Å²) in [4.78, 5) is 29.5. The number of aromatic nitrogens is 6. The van der Waals surface area contributed by atoms with Crippen molar-refractivity contribution in [1.82, 2.24) is 35.0 Å². The minimum absolute atomic E-state index is 0.0182. The lowest BCUT2D eigenvalue weighted by Crippen LogP contribution is -2.26. The summed E-state index contributed by atoms with van der Waals surface area (Å²) in [7, 11) is 1.81. The minimum Gasteiger partial charge on any atom is -0.440 e. The zero-order valence-electron chi connectivity index (χ0n) is 16.5. The van der Waals surface area contributed by atoms with E-state index in [2.05, 4.69) is 35.7 Å². The van der Waals surface area contributed by atoms with E-state index in [-0.39, 0.29) is 11.8 Å². The number of pyridine rings is 1. The lowest BCUT2D eigenvalue weighted by molar-refractivity contribution is 0.0919. The highest BCUT2D eigenvalue weighted by atomic mass is 16.4. The summed E-state index contributed by atoms with van der Waals surface area (Å²) in [6, 6.07) is 5.63. The molecule has 4 rings (SSSR count). The van der Waals surface area contributed by atoms with Crippen LogP contribution in [0.25, 0.3) is 11.4 Å². The van der Waals surface area contributed by atoms with Crippen molar-refractivity contribution in [3.8, 4) is 11.4 Å². The van der Waals surface area contributed by atoms with Gasteiger partial charge in [-0.25, -0.2) is 15.0 Å².